The molecule has 3 aromatic rings. The summed E-state index contributed by atoms with van der Waals surface area (Å²) in [4.78, 5) is 16.2. The number of H-pyrrole nitrogens is 1. The van der Waals surface area contributed by atoms with Gasteiger partial charge in [0.25, 0.3) is 5.91 Å². The Kier molecular flexibility index (Phi) is 5.45. The zero-order valence-corrected chi connectivity index (χ0v) is 14.4. The van der Waals surface area contributed by atoms with Crippen LogP contribution in [0.5, 0.6) is 0 Å². The fraction of sp³-hybridized carbons (Fsp3) is 0.167. The van der Waals surface area contributed by atoms with Gasteiger partial charge in [-0.05, 0) is 41.8 Å². The van der Waals surface area contributed by atoms with Gasteiger partial charge in [0, 0.05) is 17.9 Å². The van der Waals surface area contributed by atoms with Crippen molar-refractivity contribution in [2.75, 3.05) is 0 Å². The molecule has 25 heavy (non-hydrogen) atoms. The largest absolute Gasteiger partial charge is 0.348 e. The van der Waals surface area contributed by atoms with Crippen LogP contribution in [-0.4, -0.2) is 21.1 Å². The number of thioether (sulfide) groups is 1. The fourth-order valence-electron chi connectivity index (χ4n) is 2.20. The van der Waals surface area contributed by atoms with Gasteiger partial charge in [-0.3, -0.25) is 9.89 Å². The molecule has 2 aromatic carbocycles. The van der Waals surface area contributed by atoms with E-state index in [0.29, 0.717) is 17.7 Å². The Morgan fingerprint density at radius 3 is 2.64 bits per heavy atom. The summed E-state index contributed by atoms with van der Waals surface area (Å²) >= 11 is 1.54. The molecule has 0 atom stereocenters. The third-order valence-electron chi connectivity index (χ3n) is 3.67. The van der Waals surface area contributed by atoms with Crippen LogP contribution in [0.15, 0.2) is 53.9 Å². The summed E-state index contributed by atoms with van der Waals surface area (Å²) in [7, 11) is 0. The molecule has 0 saturated carbocycles. The Balaban J connectivity index is 1.54. The van der Waals surface area contributed by atoms with Gasteiger partial charge in [0.05, 0.1) is 0 Å². The van der Waals surface area contributed by atoms with Gasteiger partial charge in [0.2, 0.25) is 0 Å². The Labute approximate surface area is 149 Å². The van der Waals surface area contributed by atoms with Crippen LogP contribution in [0.3, 0.4) is 0 Å². The summed E-state index contributed by atoms with van der Waals surface area (Å²) in [6.45, 7) is 2.00. The number of carbonyl (C=O) groups is 1. The normalized spacial score (nSPS) is 10.6. The molecule has 2 N–H and O–H groups in total. The zero-order chi connectivity index (χ0) is 17.6. The summed E-state index contributed by atoms with van der Waals surface area (Å²) in [6, 6.07) is 12.3. The quantitative estimate of drug-likeness (QED) is 0.664. The topological polar surface area (TPSA) is 70.7 Å². The Hall–Kier alpha value is -2.67. The van der Waals surface area contributed by atoms with Crippen molar-refractivity contribution < 1.29 is 9.18 Å². The van der Waals surface area contributed by atoms with E-state index >= 15 is 0 Å². The molecule has 0 unspecified atom stereocenters. The number of rotatable bonds is 6. The van der Waals surface area contributed by atoms with E-state index in [-0.39, 0.29) is 11.7 Å². The minimum atomic E-state index is -0.264. The van der Waals surface area contributed by atoms with Crippen LogP contribution in [0, 0.1) is 12.7 Å². The SMILES string of the molecule is Cc1ccc(CNC(=O)c2ccc(CSc3ncn[nH]3)cc2)cc1F. The van der Waals surface area contributed by atoms with Crippen LogP contribution in [0.1, 0.15) is 27.0 Å². The second-order valence-corrected chi connectivity index (χ2v) is 6.51. The number of carbonyl (C=O) groups excluding carboxylic acids is 1. The van der Waals surface area contributed by atoms with Crippen molar-refractivity contribution in [2.45, 2.75) is 24.4 Å². The number of halogens is 1. The van der Waals surface area contributed by atoms with E-state index in [1.54, 1.807) is 25.1 Å². The van der Waals surface area contributed by atoms with E-state index in [2.05, 4.69) is 20.5 Å². The Morgan fingerprint density at radius 1 is 1.20 bits per heavy atom. The molecule has 1 amide bonds. The Morgan fingerprint density at radius 2 is 1.96 bits per heavy atom. The van der Waals surface area contributed by atoms with Crippen molar-refractivity contribution in [3.8, 4) is 0 Å². The molecule has 0 aliphatic rings. The summed E-state index contributed by atoms with van der Waals surface area (Å²) in [5.41, 5.74) is 2.98. The van der Waals surface area contributed by atoms with E-state index in [4.69, 9.17) is 0 Å². The van der Waals surface area contributed by atoms with E-state index in [1.165, 1.54) is 24.2 Å². The summed E-state index contributed by atoms with van der Waals surface area (Å²) in [5, 5.41) is 10.1. The molecule has 3 rings (SSSR count). The highest BCUT2D eigenvalue weighted by atomic mass is 32.2. The van der Waals surface area contributed by atoms with Gasteiger partial charge >= 0.3 is 0 Å². The van der Waals surface area contributed by atoms with Crippen molar-refractivity contribution >= 4 is 17.7 Å². The van der Waals surface area contributed by atoms with Gasteiger partial charge in [-0.15, -0.1) is 0 Å². The first-order valence-electron chi connectivity index (χ1n) is 7.72. The lowest BCUT2D eigenvalue weighted by Crippen LogP contribution is -2.22. The summed E-state index contributed by atoms with van der Waals surface area (Å²) in [6.07, 6.45) is 1.47. The average molecular weight is 356 g/mol. The highest BCUT2D eigenvalue weighted by molar-refractivity contribution is 7.98. The molecule has 5 nitrogen and oxygen atoms in total. The number of hydrogen-bond acceptors (Lipinski definition) is 4. The maximum atomic E-state index is 13.5. The van der Waals surface area contributed by atoms with Crippen LogP contribution >= 0.6 is 11.8 Å². The first-order chi connectivity index (χ1) is 12.1. The molecule has 1 aromatic heterocycles. The molecule has 0 saturated heterocycles. The third kappa shape index (κ3) is 4.67. The molecule has 0 bridgehead atoms. The van der Waals surface area contributed by atoms with E-state index in [1.807, 2.05) is 18.2 Å². The maximum absolute atomic E-state index is 13.5. The maximum Gasteiger partial charge on any atom is 0.251 e. The lowest BCUT2D eigenvalue weighted by molar-refractivity contribution is 0.0951. The zero-order valence-electron chi connectivity index (χ0n) is 13.6. The van der Waals surface area contributed by atoms with Gasteiger partial charge < -0.3 is 5.32 Å². The van der Waals surface area contributed by atoms with Crippen molar-refractivity contribution in [2.24, 2.45) is 0 Å². The number of amides is 1. The van der Waals surface area contributed by atoms with Crippen LogP contribution < -0.4 is 5.32 Å². The van der Waals surface area contributed by atoms with Gasteiger partial charge in [0.1, 0.15) is 12.1 Å². The molecule has 0 radical (unpaired) electrons. The van der Waals surface area contributed by atoms with E-state index in [9.17, 15) is 9.18 Å². The van der Waals surface area contributed by atoms with Gasteiger partial charge in [-0.25, -0.2) is 9.37 Å². The second-order valence-electron chi connectivity index (χ2n) is 5.54. The standard InChI is InChI=1S/C18H17FN4OS/c1-12-2-3-14(8-16(12)19)9-20-17(24)15-6-4-13(5-7-15)10-25-18-21-11-22-23-18/h2-8,11H,9-10H2,1H3,(H,20,24)(H,21,22,23). The van der Waals surface area contributed by atoms with Crippen LogP contribution in [0.25, 0.3) is 0 Å². The highest BCUT2D eigenvalue weighted by Crippen LogP contribution is 2.18. The third-order valence-corrected chi connectivity index (χ3v) is 4.62. The van der Waals surface area contributed by atoms with Gasteiger partial charge in [-0.2, -0.15) is 5.10 Å². The molecule has 0 fully saturated rings. The molecule has 128 valence electrons. The van der Waals surface area contributed by atoms with Crippen molar-refractivity contribution in [1.29, 1.82) is 0 Å². The number of aryl methyl sites for hydroxylation is 1. The molecule has 1 heterocycles. The van der Waals surface area contributed by atoms with E-state index in [0.717, 1.165) is 22.0 Å². The van der Waals surface area contributed by atoms with Crippen molar-refractivity contribution in [1.82, 2.24) is 20.5 Å². The molecular weight excluding hydrogens is 339 g/mol. The van der Waals surface area contributed by atoms with Crippen LogP contribution in [-0.2, 0) is 12.3 Å². The smallest absolute Gasteiger partial charge is 0.251 e. The second kappa shape index (κ2) is 7.94. The summed E-state index contributed by atoms with van der Waals surface area (Å²) in [5.74, 6) is 0.287. The lowest BCUT2D eigenvalue weighted by Gasteiger charge is -2.07. The number of benzene rings is 2. The first kappa shape index (κ1) is 17.2. The van der Waals surface area contributed by atoms with Crippen LogP contribution in [0.4, 0.5) is 4.39 Å². The van der Waals surface area contributed by atoms with Crippen molar-refractivity contribution in [3.63, 3.8) is 0 Å². The van der Waals surface area contributed by atoms with Gasteiger partial charge in [0.15, 0.2) is 5.16 Å². The summed E-state index contributed by atoms with van der Waals surface area (Å²) < 4.78 is 13.5. The number of hydrogen-bond donors (Lipinski definition) is 2. The van der Waals surface area contributed by atoms with Gasteiger partial charge in [-0.1, -0.05) is 36.0 Å². The minimum Gasteiger partial charge on any atom is -0.348 e. The molecule has 0 aliphatic heterocycles. The average Bonchev–Trinajstić information content (AvgIpc) is 3.15. The highest BCUT2D eigenvalue weighted by Gasteiger charge is 2.07. The number of nitrogens with one attached hydrogen (secondary N) is 2. The van der Waals surface area contributed by atoms with E-state index < -0.39 is 0 Å². The number of aromatic amines is 1. The molecule has 0 aliphatic carbocycles. The monoisotopic (exact) mass is 356 g/mol. The first-order valence-corrected chi connectivity index (χ1v) is 8.71. The molecule has 7 heteroatoms. The fourth-order valence-corrected chi connectivity index (χ4v) is 2.93. The molecule has 0 spiro atoms. The van der Waals surface area contributed by atoms with Crippen LogP contribution in [0.2, 0.25) is 0 Å². The lowest BCUT2D eigenvalue weighted by atomic mass is 10.1. The number of nitrogens with zero attached hydrogens (tertiary/aromatic N) is 2. The Bertz CT molecular complexity index is 850. The minimum absolute atomic E-state index is 0.185. The number of aromatic nitrogens is 3. The van der Waals surface area contributed by atoms with Crippen molar-refractivity contribution in [3.05, 3.63) is 76.9 Å². The predicted molar refractivity (Wildman–Crippen MR) is 94.7 cm³/mol. The predicted octanol–water partition coefficient (Wildman–Crippen LogP) is 3.47. The molecular formula is C18H17FN4OS.